The number of aromatic nitrogens is 3. The standard InChI is InChI=1S/C23H32N4OS/c1-17-10-9-11-18(2)26(17)21(28)16-29-23-25-24-22(19-12-5-3-6-13-19)27(23)20-14-7-4-8-15-20/h4,7-8,14-15,17-19H,3,5-6,9-13,16H2,1-2H3. The molecule has 1 saturated carbocycles. The Balaban J connectivity index is 1.55. The van der Waals surface area contributed by atoms with Crippen molar-refractivity contribution in [1.29, 1.82) is 0 Å². The summed E-state index contributed by atoms with van der Waals surface area (Å²) in [5, 5.41) is 9.97. The minimum atomic E-state index is 0.219. The van der Waals surface area contributed by atoms with Crippen LogP contribution in [0, 0.1) is 0 Å². The van der Waals surface area contributed by atoms with Crippen LogP contribution in [0.5, 0.6) is 0 Å². The van der Waals surface area contributed by atoms with Crippen molar-refractivity contribution in [1.82, 2.24) is 19.7 Å². The second-order valence-corrected chi connectivity index (χ2v) is 9.51. The van der Waals surface area contributed by atoms with Gasteiger partial charge in [-0.05, 0) is 58.1 Å². The van der Waals surface area contributed by atoms with Crippen molar-refractivity contribution in [3.63, 3.8) is 0 Å². The zero-order valence-corrected chi connectivity index (χ0v) is 18.4. The van der Waals surface area contributed by atoms with Crippen LogP contribution in [0.25, 0.3) is 5.69 Å². The summed E-state index contributed by atoms with van der Waals surface area (Å²) in [6.45, 7) is 4.34. The van der Waals surface area contributed by atoms with Gasteiger partial charge < -0.3 is 4.90 Å². The molecule has 0 spiro atoms. The Kier molecular flexibility index (Phi) is 6.58. The molecule has 2 aliphatic rings. The summed E-state index contributed by atoms with van der Waals surface area (Å²) in [6, 6.07) is 11.0. The quantitative estimate of drug-likeness (QED) is 0.634. The molecule has 2 unspecified atom stereocenters. The molecule has 1 aromatic carbocycles. The van der Waals surface area contributed by atoms with Gasteiger partial charge in [0.25, 0.3) is 0 Å². The van der Waals surface area contributed by atoms with Gasteiger partial charge in [0.15, 0.2) is 5.16 Å². The third-order valence-electron chi connectivity index (χ3n) is 6.45. The van der Waals surface area contributed by atoms with E-state index in [4.69, 9.17) is 0 Å². The summed E-state index contributed by atoms with van der Waals surface area (Å²) in [4.78, 5) is 15.1. The van der Waals surface area contributed by atoms with Gasteiger partial charge >= 0.3 is 0 Å². The molecular formula is C23H32N4OS. The van der Waals surface area contributed by atoms with Crippen LogP contribution < -0.4 is 0 Å². The number of nitrogens with zero attached hydrogens (tertiary/aromatic N) is 4. The van der Waals surface area contributed by atoms with Gasteiger partial charge in [0.1, 0.15) is 5.82 Å². The van der Waals surface area contributed by atoms with Crippen molar-refractivity contribution < 1.29 is 4.79 Å². The number of likely N-dealkylation sites (tertiary alicyclic amines) is 1. The topological polar surface area (TPSA) is 51.0 Å². The molecule has 4 rings (SSSR count). The lowest BCUT2D eigenvalue weighted by molar-refractivity contribution is -0.134. The van der Waals surface area contributed by atoms with E-state index < -0.39 is 0 Å². The number of carbonyl (C=O) groups is 1. The van der Waals surface area contributed by atoms with Crippen LogP contribution in [-0.4, -0.2) is 43.4 Å². The maximum absolute atomic E-state index is 13.0. The van der Waals surface area contributed by atoms with Crippen LogP contribution in [0.15, 0.2) is 35.5 Å². The zero-order chi connectivity index (χ0) is 20.2. The molecule has 2 heterocycles. The van der Waals surface area contributed by atoms with Crippen molar-refractivity contribution in [2.45, 2.75) is 88.4 Å². The minimum absolute atomic E-state index is 0.219. The Morgan fingerprint density at radius 2 is 1.66 bits per heavy atom. The Hall–Kier alpha value is -1.82. The first kappa shape index (κ1) is 20.5. The predicted octanol–water partition coefficient (Wildman–Crippen LogP) is 5.20. The second-order valence-electron chi connectivity index (χ2n) is 8.57. The van der Waals surface area contributed by atoms with Crippen molar-refractivity contribution in [2.75, 3.05) is 5.75 Å². The number of rotatable bonds is 5. The number of para-hydroxylation sites is 1. The van der Waals surface area contributed by atoms with Crippen LogP contribution in [-0.2, 0) is 4.79 Å². The average molecular weight is 413 g/mol. The van der Waals surface area contributed by atoms with Crippen molar-refractivity contribution in [2.24, 2.45) is 0 Å². The van der Waals surface area contributed by atoms with Crippen molar-refractivity contribution >= 4 is 17.7 Å². The van der Waals surface area contributed by atoms with Crippen LogP contribution >= 0.6 is 11.8 Å². The molecule has 1 aliphatic heterocycles. The Morgan fingerprint density at radius 1 is 0.966 bits per heavy atom. The Morgan fingerprint density at radius 3 is 2.34 bits per heavy atom. The van der Waals surface area contributed by atoms with Gasteiger partial charge in [0, 0.05) is 23.7 Å². The Bertz CT molecular complexity index is 806. The number of amides is 1. The van der Waals surface area contributed by atoms with Crippen LogP contribution in [0.4, 0.5) is 0 Å². The van der Waals surface area contributed by atoms with Crippen LogP contribution in [0.1, 0.15) is 77.0 Å². The highest BCUT2D eigenvalue weighted by Gasteiger charge is 2.30. The van der Waals surface area contributed by atoms with E-state index in [-0.39, 0.29) is 5.91 Å². The molecular weight excluding hydrogens is 380 g/mol. The van der Waals surface area contributed by atoms with Gasteiger partial charge in [0.05, 0.1) is 5.75 Å². The highest BCUT2D eigenvalue weighted by atomic mass is 32.2. The van der Waals surface area contributed by atoms with E-state index in [1.165, 1.54) is 50.3 Å². The van der Waals surface area contributed by atoms with E-state index >= 15 is 0 Å². The summed E-state index contributed by atoms with van der Waals surface area (Å²) in [6.07, 6.45) is 9.62. The second kappa shape index (κ2) is 9.33. The number of hydrogen-bond donors (Lipinski definition) is 0. The van der Waals surface area contributed by atoms with E-state index in [1.807, 2.05) is 6.07 Å². The average Bonchev–Trinajstić information content (AvgIpc) is 3.17. The van der Waals surface area contributed by atoms with Gasteiger partial charge in [-0.25, -0.2) is 0 Å². The molecule has 5 nitrogen and oxygen atoms in total. The summed E-state index contributed by atoms with van der Waals surface area (Å²) in [7, 11) is 0. The highest BCUT2D eigenvalue weighted by Crippen LogP contribution is 2.35. The minimum Gasteiger partial charge on any atom is -0.337 e. The molecule has 0 radical (unpaired) electrons. The first-order valence-electron chi connectivity index (χ1n) is 11.1. The normalized spacial score (nSPS) is 23.3. The molecule has 1 amide bonds. The molecule has 2 atom stereocenters. The van der Waals surface area contributed by atoms with E-state index in [0.717, 1.165) is 29.5 Å². The van der Waals surface area contributed by atoms with E-state index in [9.17, 15) is 4.79 Å². The third kappa shape index (κ3) is 4.52. The smallest absolute Gasteiger partial charge is 0.233 e. The fourth-order valence-corrected chi connectivity index (χ4v) is 5.76. The molecule has 156 valence electrons. The number of thioether (sulfide) groups is 1. The fourth-order valence-electron chi connectivity index (χ4n) is 4.93. The van der Waals surface area contributed by atoms with Gasteiger partial charge in [-0.15, -0.1) is 10.2 Å². The fraction of sp³-hybridized carbons (Fsp3) is 0.609. The molecule has 29 heavy (non-hydrogen) atoms. The number of piperidine rings is 1. The Labute approximate surface area is 178 Å². The lowest BCUT2D eigenvalue weighted by Gasteiger charge is -2.39. The summed E-state index contributed by atoms with van der Waals surface area (Å²) >= 11 is 1.53. The van der Waals surface area contributed by atoms with Crippen molar-refractivity contribution in [3.8, 4) is 5.69 Å². The zero-order valence-electron chi connectivity index (χ0n) is 17.6. The molecule has 2 aromatic rings. The van der Waals surface area contributed by atoms with Crippen molar-refractivity contribution in [3.05, 3.63) is 36.2 Å². The summed E-state index contributed by atoms with van der Waals surface area (Å²) in [5.74, 6) is 2.16. The third-order valence-corrected chi connectivity index (χ3v) is 7.36. The summed E-state index contributed by atoms with van der Waals surface area (Å²) in [5.41, 5.74) is 1.09. The molecule has 2 fully saturated rings. The predicted molar refractivity (Wildman–Crippen MR) is 118 cm³/mol. The van der Waals surface area contributed by atoms with Gasteiger partial charge in [-0.2, -0.15) is 0 Å². The van der Waals surface area contributed by atoms with E-state index in [0.29, 0.717) is 23.8 Å². The van der Waals surface area contributed by atoms with E-state index in [2.05, 4.69) is 57.8 Å². The number of benzene rings is 1. The molecule has 0 bridgehead atoms. The molecule has 0 N–H and O–H groups in total. The number of hydrogen-bond acceptors (Lipinski definition) is 4. The lowest BCUT2D eigenvalue weighted by Crippen LogP contribution is -2.48. The monoisotopic (exact) mass is 412 g/mol. The maximum atomic E-state index is 13.0. The van der Waals surface area contributed by atoms with Gasteiger partial charge in [-0.3, -0.25) is 9.36 Å². The van der Waals surface area contributed by atoms with E-state index in [1.54, 1.807) is 0 Å². The van der Waals surface area contributed by atoms with Gasteiger partial charge in [0.2, 0.25) is 5.91 Å². The highest BCUT2D eigenvalue weighted by molar-refractivity contribution is 7.99. The first-order chi connectivity index (χ1) is 14.1. The molecule has 6 heteroatoms. The largest absolute Gasteiger partial charge is 0.337 e. The van der Waals surface area contributed by atoms with Crippen LogP contribution in [0.3, 0.4) is 0 Å². The van der Waals surface area contributed by atoms with Crippen LogP contribution in [0.2, 0.25) is 0 Å². The lowest BCUT2D eigenvalue weighted by atomic mass is 9.88. The molecule has 1 saturated heterocycles. The SMILES string of the molecule is CC1CCCC(C)N1C(=O)CSc1nnc(C2CCCCC2)n1-c1ccccc1. The number of carbonyl (C=O) groups excluding carboxylic acids is 1. The maximum Gasteiger partial charge on any atom is 0.233 e. The summed E-state index contributed by atoms with van der Waals surface area (Å²) < 4.78 is 2.19. The molecule has 1 aliphatic carbocycles. The van der Waals surface area contributed by atoms with Gasteiger partial charge in [-0.1, -0.05) is 49.2 Å². The first-order valence-corrected chi connectivity index (χ1v) is 12.1. The molecule has 1 aromatic heterocycles.